The smallest absolute Gasteiger partial charge is 0.268 e. The molecule has 1 aliphatic rings. The van der Waals surface area contributed by atoms with Crippen molar-refractivity contribution < 1.29 is 23.1 Å². The van der Waals surface area contributed by atoms with Crippen LogP contribution in [-0.4, -0.2) is 83.6 Å². The molecule has 192 valence electrons. The Morgan fingerprint density at radius 1 is 1.19 bits per heavy atom. The van der Waals surface area contributed by atoms with E-state index in [1.807, 2.05) is 6.92 Å². The summed E-state index contributed by atoms with van der Waals surface area (Å²) in [5.74, 6) is -2.35. The Hall–Kier alpha value is -3.08. The predicted octanol–water partition coefficient (Wildman–Crippen LogP) is 3.02. The second-order valence-electron chi connectivity index (χ2n) is 8.60. The van der Waals surface area contributed by atoms with Crippen LogP contribution >= 0.6 is 11.6 Å². The Kier molecular flexibility index (Phi) is 8.50. The third kappa shape index (κ3) is 6.37. The molecule has 0 bridgehead atoms. The first kappa shape index (κ1) is 26.0. The van der Waals surface area contributed by atoms with Gasteiger partial charge >= 0.3 is 0 Å². The molecule has 1 fully saturated rings. The first-order chi connectivity index (χ1) is 17.3. The molecule has 1 atom stereocenters. The van der Waals surface area contributed by atoms with Crippen LogP contribution in [0.4, 0.5) is 8.78 Å². The molecule has 2 aromatic heterocycles. The van der Waals surface area contributed by atoms with Gasteiger partial charge in [0.1, 0.15) is 29.0 Å². The molecule has 0 aliphatic carbocycles. The van der Waals surface area contributed by atoms with Gasteiger partial charge in [-0.15, -0.1) is 0 Å². The molecule has 4 rings (SSSR count). The zero-order valence-corrected chi connectivity index (χ0v) is 20.7. The number of rotatable bonds is 9. The minimum Gasteiger partial charge on any atom is -0.380 e. The van der Waals surface area contributed by atoms with Crippen LogP contribution in [-0.2, 0) is 16.0 Å². The molecule has 3 aromatic rings. The zero-order chi connectivity index (χ0) is 25.7. The molecule has 8 nitrogen and oxygen atoms in total. The van der Waals surface area contributed by atoms with Gasteiger partial charge in [-0.2, -0.15) is 0 Å². The van der Waals surface area contributed by atoms with Crippen molar-refractivity contribution in [1.29, 1.82) is 0 Å². The number of nitrogens with one attached hydrogen (secondary N) is 2. The largest absolute Gasteiger partial charge is 0.380 e. The van der Waals surface area contributed by atoms with Gasteiger partial charge in [0.2, 0.25) is 5.91 Å². The van der Waals surface area contributed by atoms with Crippen LogP contribution in [0.1, 0.15) is 23.0 Å². The van der Waals surface area contributed by atoms with Crippen LogP contribution in [0.3, 0.4) is 0 Å². The average molecular weight is 520 g/mol. The van der Waals surface area contributed by atoms with Crippen LogP contribution in [0, 0.1) is 11.6 Å². The van der Waals surface area contributed by atoms with E-state index < -0.39 is 23.6 Å². The summed E-state index contributed by atoms with van der Waals surface area (Å²) >= 11 is 5.98. The van der Waals surface area contributed by atoms with Crippen LogP contribution in [0.5, 0.6) is 0 Å². The minimum atomic E-state index is -1.05. The van der Waals surface area contributed by atoms with Crippen molar-refractivity contribution in [1.82, 2.24) is 25.1 Å². The van der Waals surface area contributed by atoms with Gasteiger partial charge in [-0.1, -0.05) is 17.7 Å². The number of hydrogen-bond acceptors (Lipinski definition) is 5. The summed E-state index contributed by atoms with van der Waals surface area (Å²) in [6, 6.07) is 5.39. The van der Waals surface area contributed by atoms with Crippen LogP contribution < -0.4 is 5.32 Å². The highest BCUT2D eigenvalue weighted by Crippen LogP contribution is 2.19. The molecule has 11 heteroatoms. The summed E-state index contributed by atoms with van der Waals surface area (Å²) < 4.78 is 33.3. The summed E-state index contributed by atoms with van der Waals surface area (Å²) in [4.78, 5) is 37.5. The van der Waals surface area contributed by atoms with E-state index in [9.17, 15) is 18.4 Å². The number of benzene rings is 1. The number of aromatic amines is 1. The molecule has 0 spiro atoms. The molecule has 1 saturated heterocycles. The normalized spacial score (nSPS) is 15.3. The monoisotopic (exact) mass is 519 g/mol. The zero-order valence-electron chi connectivity index (χ0n) is 19.9. The average Bonchev–Trinajstić information content (AvgIpc) is 3.29. The number of halogens is 3. The maximum absolute atomic E-state index is 14.4. The van der Waals surface area contributed by atoms with E-state index in [4.69, 9.17) is 16.3 Å². The lowest BCUT2D eigenvalue weighted by Crippen LogP contribution is -2.56. The van der Waals surface area contributed by atoms with Crippen LogP contribution in [0.15, 0.2) is 36.5 Å². The maximum Gasteiger partial charge on any atom is 0.268 e. The lowest BCUT2D eigenvalue weighted by Gasteiger charge is -2.36. The predicted molar refractivity (Wildman–Crippen MR) is 132 cm³/mol. The van der Waals surface area contributed by atoms with Gasteiger partial charge in [-0.3, -0.25) is 14.5 Å². The number of hydrogen-bond donors (Lipinski definition) is 2. The van der Waals surface area contributed by atoms with E-state index >= 15 is 0 Å². The van der Waals surface area contributed by atoms with Crippen molar-refractivity contribution >= 4 is 34.4 Å². The standard InChI is InChI=1S/C25H28ClF2N5O3/c1-2-36-10-9-32-5-7-33(8-6-32)25(35)22(12-16-3-4-19(27)14-20(16)28)31-24(34)21-13-17-11-18(26)15-29-23(17)30-21/h3-4,11,13-15,22H,2,5-10,12H2,1H3,(H,29,30)(H,31,34)/t22-/m0/s1. The third-order valence-electron chi connectivity index (χ3n) is 6.16. The summed E-state index contributed by atoms with van der Waals surface area (Å²) in [5.41, 5.74) is 0.800. The van der Waals surface area contributed by atoms with Crippen molar-refractivity contribution in [2.75, 3.05) is 45.9 Å². The summed E-state index contributed by atoms with van der Waals surface area (Å²) in [6.07, 6.45) is 1.34. The number of nitrogens with zero attached hydrogens (tertiary/aromatic N) is 3. The molecule has 2 N–H and O–H groups in total. The SMILES string of the molecule is CCOCCN1CCN(C(=O)[C@H](Cc2ccc(F)cc2F)NC(=O)c2cc3cc(Cl)cnc3[nH]2)CC1. The second-order valence-corrected chi connectivity index (χ2v) is 9.04. The van der Waals surface area contributed by atoms with Gasteiger partial charge < -0.3 is 19.9 Å². The number of carbonyl (C=O) groups is 2. The number of aromatic nitrogens is 2. The Morgan fingerprint density at radius 2 is 1.97 bits per heavy atom. The number of pyridine rings is 1. The van der Waals surface area contributed by atoms with Gasteiger partial charge in [0, 0.05) is 63.4 Å². The van der Waals surface area contributed by atoms with E-state index in [2.05, 4.69) is 20.2 Å². The van der Waals surface area contributed by atoms with Crippen LogP contribution in [0.25, 0.3) is 11.0 Å². The highest BCUT2D eigenvalue weighted by molar-refractivity contribution is 6.31. The Balaban J connectivity index is 1.49. The molecular formula is C25H28ClF2N5O3. The minimum absolute atomic E-state index is 0.119. The Labute approximate surface area is 212 Å². The molecule has 1 aromatic carbocycles. The highest BCUT2D eigenvalue weighted by Gasteiger charge is 2.30. The van der Waals surface area contributed by atoms with E-state index in [0.717, 1.165) is 18.7 Å². The van der Waals surface area contributed by atoms with E-state index in [1.54, 1.807) is 17.0 Å². The number of amides is 2. The fourth-order valence-electron chi connectivity index (χ4n) is 4.20. The lowest BCUT2D eigenvalue weighted by molar-refractivity contribution is -0.135. The number of carbonyl (C=O) groups excluding carboxylic acids is 2. The number of piperazine rings is 1. The molecule has 36 heavy (non-hydrogen) atoms. The topological polar surface area (TPSA) is 90.6 Å². The highest BCUT2D eigenvalue weighted by atomic mass is 35.5. The Morgan fingerprint density at radius 3 is 2.69 bits per heavy atom. The van der Waals surface area contributed by atoms with Gasteiger partial charge in [0.25, 0.3) is 5.91 Å². The number of H-pyrrole nitrogens is 1. The fourth-order valence-corrected chi connectivity index (χ4v) is 4.37. The van der Waals surface area contributed by atoms with Crippen molar-refractivity contribution in [3.8, 4) is 0 Å². The van der Waals surface area contributed by atoms with Gasteiger partial charge in [0.15, 0.2) is 0 Å². The van der Waals surface area contributed by atoms with Crippen molar-refractivity contribution in [3.05, 3.63) is 64.4 Å². The third-order valence-corrected chi connectivity index (χ3v) is 6.37. The van der Waals surface area contributed by atoms with Gasteiger partial charge in [-0.25, -0.2) is 13.8 Å². The summed E-state index contributed by atoms with van der Waals surface area (Å²) in [7, 11) is 0. The lowest BCUT2D eigenvalue weighted by atomic mass is 10.0. The van der Waals surface area contributed by atoms with E-state index in [0.29, 0.717) is 55.4 Å². The first-order valence-corrected chi connectivity index (χ1v) is 12.2. The van der Waals surface area contributed by atoms with E-state index in [-0.39, 0.29) is 23.6 Å². The van der Waals surface area contributed by atoms with Crippen molar-refractivity contribution in [2.24, 2.45) is 0 Å². The summed E-state index contributed by atoms with van der Waals surface area (Å²) in [6.45, 7) is 6.26. The van der Waals surface area contributed by atoms with Gasteiger partial charge in [0.05, 0.1) is 11.6 Å². The molecule has 0 unspecified atom stereocenters. The number of ether oxygens (including phenoxy) is 1. The van der Waals surface area contributed by atoms with Crippen molar-refractivity contribution in [3.63, 3.8) is 0 Å². The number of fused-ring (bicyclic) bond motifs is 1. The van der Waals surface area contributed by atoms with E-state index in [1.165, 1.54) is 12.3 Å². The molecule has 2 amide bonds. The molecule has 3 heterocycles. The molecule has 1 aliphatic heterocycles. The quantitative estimate of drug-likeness (QED) is 0.424. The molecule has 0 saturated carbocycles. The fraction of sp³-hybridized carbons (Fsp3) is 0.400. The van der Waals surface area contributed by atoms with Crippen molar-refractivity contribution in [2.45, 2.75) is 19.4 Å². The molecule has 0 radical (unpaired) electrons. The van der Waals surface area contributed by atoms with Crippen LogP contribution in [0.2, 0.25) is 5.02 Å². The second kappa shape index (κ2) is 11.8. The maximum atomic E-state index is 14.4. The first-order valence-electron chi connectivity index (χ1n) is 11.8. The van der Waals surface area contributed by atoms with Gasteiger partial charge in [-0.05, 0) is 30.7 Å². The summed E-state index contributed by atoms with van der Waals surface area (Å²) in [5, 5.41) is 3.80. The Bertz CT molecular complexity index is 1230. The molecular weight excluding hydrogens is 492 g/mol.